The molecule has 0 N–H and O–H groups in total. The number of thiophene rings is 1. The number of thioether (sulfide) groups is 1. The lowest BCUT2D eigenvalue weighted by atomic mass is 10.1. The molecule has 4 heteroatoms. The van der Waals surface area contributed by atoms with E-state index < -0.39 is 0 Å². The Labute approximate surface area is 146 Å². The number of carbonyl (C=O) groups is 1. The van der Waals surface area contributed by atoms with E-state index in [9.17, 15) is 4.79 Å². The Balaban J connectivity index is 1.44. The van der Waals surface area contributed by atoms with E-state index in [4.69, 9.17) is 0 Å². The normalized spacial score (nSPS) is 18.6. The van der Waals surface area contributed by atoms with E-state index >= 15 is 0 Å². The molecule has 122 valence electrons. The molecule has 1 atom stereocenters. The van der Waals surface area contributed by atoms with Crippen molar-refractivity contribution in [1.29, 1.82) is 0 Å². The fourth-order valence-electron chi connectivity index (χ4n) is 2.97. The summed E-state index contributed by atoms with van der Waals surface area (Å²) in [5.74, 6) is 1.38. The van der Waals surface area contributed by atoms with E-state index in [0.717, 1.165) is 38.1 Å². The maximum Gasteiger partial charge on any atom is 0.222 e. The van der Waals surface area contributed by atoms with Crippen LogP contribution >= 0.6 is 23.1 Å². The average Bonchev–Trinajstić information content (AvgIpc) is 3.00. The molecule has 1 saturated heterocycles. The summed E-state index contributed by atoms with van der Waals surface area (Å²) in [5, 5.41) is 2.71. The zero-order valence-electron chi connectivity index (χ0n) is 13.3. The Kier molecular flexibility index (Phi) is 6.17. The molecule has 2 nitrogen and oxygen atoms in total. The molecule has 0 bridgehead atoms. The van der Waals surface area contributed by atoms with Crippen LogP contribution in [0.2, 0.25) is 0 Å². The van der Waals surface area contributed by atoms with Crippen LogP contribution in [0, 0.1) is 0 Å². The summed E-state index contributed by atoms with van der Waals surface area (Å²) in [6.07, 6.45) is 3.69. The Bertz CT molecular complexity index is 597. The van der Waals surface area contributed by atoms with E-state index in [1.807, 2.05) is 29.2 Å². The molecule has 0 aliphatic carbocycles. The van der Waals surface area contributed by atoms with Gasteiger partial charge in [0.05, 0.1) is 0 Å². The fraction of sp³-hybridized carbons (Fsp3) is 0.421. The lowest BCUT2D eigenvalue weighted by molar-refractivity contribution is -0.131. The van der Waals surface area contributed by atoms with Crippen LogP contribution in [0.15, 0.2) is 47.8 Å². The fourth-order valence-corrected chi connectivity index (χ4v) is 5.21. The van der Waals surface area contributed by atoms with E-state index in [1.54, 1.807) is 0 Å². The molecule has 0 spiro atoms. The lowest BCUT2D eigenvalue weighted by Gasteiger charge is -2.20. The zero-order valence-corrected chi connectivity index (χ0v) is 15.0. The summed E-state index contributed by atoms with van der Waals surface area (Å²) in [5.41, 5.74) is 1.32. The van der Waals surface area contributed by atoms with Crippen LogP contribution < -0.4 is 0 Å². The summed E-state index contributed by atoms with van der Waals surface area (Å²) in [6.45, 7) is 1.80. The smallest absolute Gasteiger partial charge is 0.222 e. The van der Waals surface area contributed by atoms with Gasteiger partial charge in [0.1, 0.15) is 0 Å². The molecule has 0 saturated carbocycles. The van der Waals surface area contributed by atoms with Crippen molar-refractivity contribution in [2.24, 2.45) is 0 Å². The van der Waals surface area contributed by atoms with Gasteiger partial charge in [-0.05, 0) is 36.3 Å². The Morgan fingerprint density at radius 1 is 1.13 bits per heavy atom. The van der Waals surface area contributed by atoms with Crippen molar-refractivity contribution in [3.05, 3.63) is 58.3 Å². The molecule has 23 heavy (non-hydrogen) atoms. The van der Waals surface area contributed by atoms with Gasteiger partial charge in [-0.3, -0.25) is 4.79 Å². The monoisotopic (exact) mass is 345 g/mol. The summed E-state index contributed by atoms with van der Waals surface area (Å²) in [7, 11) is 0. The second-order valence-corrected chi connectivity index (χ2v) is 8.17. The van der Waals surface area contributed by atoms with Crippen LogP contribution in [0.3, 0.4) is 0 Å². The van der Waals surface area contributed by atoms with Gasteiger partial charge < -0.3 is 4.90 Å². The predicted molar refractivity (Wildman–Crippen MR) is 100 cm³/mol. The van der Waals surface area contributed by atoms with Gasteiger partial charge in [-0.1, -0.05) is 36.4 Å². The largest absolute Gasteiger partial charge is 0.342 e. The standard InChI is InChI=1S/C19H23NOS2/c21-19(10-4-8-16-6-2-1-3-7-16)20-12-11-18(23-15-13-20)17-9-5-14-22-17/h1-3,5-7,9,14,18H,4,8,10-13,15H2/t18-/m1/s1. The summed E-state index contributed by atoms with van der Waals surface area (Å²) in [4.78, 5) is 16.0. The molecule has 0 radical (unpaired) electrons. The molecule has 1 amide bonds. The van der Waals surface area contributed by atoms with Gasteiger partial charge in [0.15, 0.2) is 0 Å². The van der Waals surface area contributed by atoms with E-state index in [2.05, 4.69) is 46.7 Å². The van der Waals surface area contributed by atoms with Gasteiger partial charge in [0.2, 0.25) is 5.91 Å². The van der Waals surface area contributed by atoms with Crippen molar-refractivity contribution in [2.75, 3.05) is 18.8 Å². The van der Waals surface area contributed by atoms with Crippen molar-refractivity contribution in [1.82, 2.24) is 4.90 Å². The molecule has 0 unspecified atom stereocenters. The predicted octanol–water partition coefficient (Wildman–Crippen LogP) is 4.78. The van der Waals surface area contributed by atoms with Crippen molar-refractivity contribution >= 4 is 29.0 Å². The second-order valence-electron chi connectivity index (χ2n) is 5.88. The minimum Gasteiger partial charge on any atom is -0.342 e. The quantitative estimate of drug-likeness (QED) is 0.777. The number of hydrogen-bond acceptors (Lipinski definition) is 3. The molecule has 2 aromatic rings. The first-order valence-corrected chi connectivity index (χ1v) is 10.2. The molecular formula is C19H23NOS2. The highest BCUT2D eigenvalue weighted by Gasteiger charge is 2.22. The third kappa shape index (κ3) is 4.85. The van der Waals surface area contributed by atoms with Crippen LogP contribution in [0.25, 0.3) is 0 Å². The first kappa shape index (κ1) is 16.6. The van der Waals surface area contributed by atoms with Crippen molar-refractivity contribution in [3.63, 3.8) is 0 Å². The molecule has 1 aliphatic rings. The van der Waals surface area contributed by atoms with Crippen LogP contribution in [0.4, 0.5) is 0 Å². The highest BCUT2D eigenvalue weighted by atomic mass is 32.2. The van der Waals surface area contributed by atoms with E-state index in [1.165, 1.54) is 10.4 Å². The van der Waals surface area contributed by atoms with Gasteiger partial charge in [-0.25, -0.2) is 0 Å². The van der Waals surface area contributed by atoms with Crippen LogP contribution in [0.1, 0.15) is 35.0 Å². The summed E-state index contributed by atoms with van der Waals surface area (Å²) < 4.78 is 0. The van der Waals surface area contributed by atoms with E-state index in [-0.39, 0.29) is 0 Å². The third-order valence-electron chi connectivity index (χ3n) is 4.25. The minimum atomic E-state index is 0.327. The van der Waals surface area contributed by atoms with Crippen molar-refractivity contribution in [2.45, 2.75) is 30.9 Å². The van der Waals surface area contributed by atoms with Crippen LogP contribution in [0.5, 0.6) is 0 Å². The summed E-state index contributed by atoms with van der Waals surface area (Å²) >= 11 is 3.84. The maximum absolute atomic E-state index is 12.5. The number of aryl methyl sites for hydroxylation is 1. The van der Waals surface area contributed by atoms with Crippen LogP contribution in [-0.2, 0) is 11.2 Å². The number of amides is 1. The number of nitrogens with zero attached hydrogens (tertiary/aromatic N) is 1. The first-order valence-electron chi connectivity index (χ1n) is 8.29. The lowest BCUT2D eigenvalue weighted by Crippen LogP contribution is -2.32. The topological polar surface area (TPSA) is 20.3 Å². The van der Waals surface area contributed by atoms with Gasteiger partial charge in [0.25, 0.3) is 0 Å². The molecule has 1 aromatic heterocycles. The number of hydrogen-bond donors (Lipinski definition) is 0. The molecule has 1 aromatic carbocycles. The zero-order chi connectivity index (χ0) is 15.9. The highest BCUT2D eigenvalue weighted by molar-refractivity contribution is 7.99. The molecular weight excluding hydrogens is 322 g/mol. The molecule has 2 heterocycles. The second kappa shape index (κ2) is 8.55. The number of benzene rings is 1. The SMILES string of the molecule is O=C(CCCc1ccccc1)N1CCS[C@@H](c2cccs2)CC1. The summed E-state index contributed by atoms with van der Waals surface area (Å²) in [6, 6.07) is 14.8. The Hall–Kier alpha value is -1.26. The Morgan fingerprint density at radius 2 is 2.00 bits per heavy atom. The average molecular weight is 346 g/mol. The first-order chi connectivity index (χ1) is 11.3. The van der Waals surface area contributed by atoms with Crippen molar-refractivity contribution in [3.8, 4) is 0 Å². The third-order valence-corrected chi connectivity index (χ3v) is 6.70. The van der Waals surface area contributed by atoms with Gasteiger partial charge >= 0.3 is 0 Å². The van der Waals surface area contributed by atoms with Crippen LogP contribution in [-0.4, -0.2) is 29.6 Å². The highest BCUT2D eigenvalue weighted by Crippen LogP contribution is 2.36. The van der Waals surface area contributed by atoms with Gasteiger partial charge in [0, 0.05) is 35.4 Å². The molecule has 3 rings (SSSR count). The molecule has 1 aliphatic heterocycles. The van der Waals surface area contributed by atoms with Gasteiger partial charge in [-0.15, -0.1) is 11.3 Å². The molecule has 1 fully saturated rings. The Morgan fingerprint density at radius 3 is 2.78 bits per heavy atom. The number of rotatable bonds is 5. The van der Waals surface area contributed by atoms with E-state index in [0.29, 0.717) is 17.6 Å². The van der Waals surface area contributed by atoms with Crippen molar-refractivity contribution < 1.29 is 4.79 Å². The van der Waals surface area contributed by atoms with Gasteiger partial charge in [-0.2, -0.15) is 11.8 Å². The maximum atomic E-state index is 12.5. The minimum absolute atomic E-state index is 0.327. The number of carbonyl (C=O) groups excluding carboxylic acids is 1.